The first kappa shape index (κ1) is 11.0. The Morgan fingerprint density at radius 3 is 2.89 bits per heavy atom. The molecule has 0 amide bonds. The zero-order valence-electron chi connectivity index (χ0n) is 9.91. The van der Waals surface area contributed by atoms with E-state index in [9.17, 15) is 4.79 Å². The molecule has 1 N–H and O–H groups in total. The van der Waals surface area contributed by atoms with E-state index in [1.807, 2.05) is 18.3 Å². The molecule has 2 aromatic rings. The van der Waals surface area contributed by atoms with Gasteiger partial charge in [-0.15, -0.1) is 0 Å². The largest absolute Gasteiger partial charge is 0.478 e. The van der Waals surface area contributed by atoms with Gasteiger partial charge in [-0.25, -0.2) is 9.78 Å². The Hall–Kier alpha value is -2.10. The van der Waals surface area contributed by atoms with Crippen LogP contribution < -0.4 is 0 Å². The first-order valence-corrected chi connectivity index (χ1v) is 6.08. The van der Waals surface area contributed by atoms with Crippen LogP contribution in [0.25, 0.3) is 0 Å². The van der Waals surface area contributed by atoms with Crippen molar-refractivity contribution >= 4 is 5.97 Å². The van der Waals surface area contributed by atoms with Crippen LogP contribution in [-0.4, -0.2) is 20.6 Å². The molecule has 1 heterocycles. The summed E-state index contributed by atoms with van der Waals surface area (Å²) in [6, 6.07) is 7.13. The average Bonchev–Trinajstić information content (AvgIpc) is 3.11. The second kappa shape index (κ2) is 4.29. The fourth-order valence-electron chi connectivity index (χ4n) is 2.21. The molecule has 0 radical (unpaired) electrons. The predicted octanol–water partition coefficient (Wildman–Crippen LogP) is 2.51. The SMILES string of the molecule is O=C(O)c1ccccc1Cn1ccnc1C1CC1. The summed E-state index contributed by atoms with van der Waals surface area (Å²) in [5.74, 6) is 0.769. The minimum Gasteiger partial charge on any atom is -0.478 e. The molecule has 1 aromatic heterocycles. The van der Waals surface area contributed by atoms with Crippen molar-refractivity contribution in [3.05, 3.63) is 53.6 Å². The number of carboxylic acids is 1. The molecule has 1 aliphatic rings. The van der Waals surface area contributed by atoms with Gasteiger partial charge < -0.3 is 9.67 Å². The van der Waals surface area contributed by atoms with Crippen LogP contribution in [0.4, 0.5) is 0 Å². The van der Waals surface area contributed by atoms with Crippen LogP contribution in [-0.2, 0) is 6.54 Å². The van der Waals surface area contributed by atoms with Gasteiger partial charge in [0.05, 0.1) is 5.56 Å². The fraction of sp³-hybridized carbons (Fsp3) is 0.286. The van der Waals surface area contributed by atoms with Gasteiger partial charge in [0.25, 0.3) is 0 Å². The summed E-state index contributed by atoms with van der Waals surface area (Å²) in [6.07, 6.45) is 6.10. The number of hydrogen-bond donors (Lipinski definition) is 1. The Labute approximate surface area is 105 Å². The highest BCUT2D eigenvalue weighted by Crippen LogP contribution is 2.39. The van der Waals surface area contributed by atoms with E-state index in [1.54, 1.807) is 18.3 Å². The highest BCUT2D eigenvalue weighted by Gasteiger charge is 2.28. The van der Waals surface area contributed by atoms with E-state index in [4.69, 9.17) is 5.11 Å². The average molecular weight is 242 g/mol. The van der Waals surface area contributed by atoms with Gasteiger partial charge in [0, 0.05) is 24.9 Å². The van der Waals surface area contributed by atoms with Crippen LogP contribution in [0.5, 0.6) is 0 Å². The predicted molar refractivity (Wildman–Crippen MR) is 66.7 cm³/mol. The summed E-state index contributed by atoms with van der Waals surface area (Å²) in [5, 5.41) is 9.16. The molecule has 1 saturated carbocycles. The molecular weight excluding hydrogens is 228 g/mol. The van der Waals surface area contributed by atoms with E-state index in [-0.39, 0.29) is 0 Å². The summed E-state index contributed by atoms with van der Waals surface area (Å²) in [7, 11) is 0. The van der Waals surface area contributed by atoms with E-state index in [0.717, 1.165) is 11.4 Å². The maximum atomic E-state index is 11.2. The fourth-order valence-corrected chi connectivity index (χ4v) is 2.21. The highest BCUT2D eigenvalue weighted by atomic mass is 16.4. The van der Waals surface area contributed by atoms with Crippen molar-refractivity contribution in [1.29, 1.82) is 0 Å². The van der Waals surface area contributed by atoms with Crippen molar-refractivity contribution in [2.45, 2.75) is 25.3 Å². The van der Waals surface area contributed by atoms with Crippen LogP contribution in [0.2, 0.25) is 0 Å². The molecule has 1 fully saturated rings. The molecule has 18 heavy (non-hydrogen) atoms. The molecule has 0 saturated heterocycles. The van der Waals surface area contributed by atoms with E-state index >= 15 is 0 Å². The van der Waals surface area contributed by atoms with Crippen molar-refractivity contribution in [3.8, 4) is 0 Å². The van der Waals surface area contributed by atoms with Gasteiger partial charge in [-0.2, -0.15) is 0 Å². The number of imidazole rings is 1. The Balaban J connectivity index is 1.92. The molecule has 0 aliphatic heterocycles. The van der Waals surface area contributed by atoms with Crippen LogP contribution in [0.1, 0.15) is 40.5 Å². The van der Waals surface area contributed by atoms with Gasteiger partial charge in [0.2, 0.25) is 0 Å². The molecule has 4 heteroatoms. The minimum atomic E-state index is -0.876. The van der Waals surface area contributed by atoms with Crippen molar-refractivity contribution in [1.82, 2.24) is 9.55 Å². The van der Waals surface area contributed by atoms with Crippen LogP contribution in [0.3, 0.4) is 0 Å². The van der Waals surface area contributed by atoms with Gasteiger partial charge in [0.15, 0.2) is 0 Å². The number of nitrogens with zero attached hydrogens (tertiary/aromatic N) is 2. The quantitative estimate of drug-likeness (QED) is 0.896. The lowest BCUT2D eigenvalue weighted by molar-refractivity contribution is 0.0695. The number of carbonyl (C=O) groups is 1. The number of aromatic nitrogens is 2. The summed E-state index contributed by atoms with van der Waals surface area (Å²) >= 11 is 0. The van der Waals surface area contributed by atoms with Crippen molar-refractivity contribution in [2.75, 3.05) is 0 Å². The Bertz CT molecular complexity index is 585. The third kappa shape index (κ3) is 2.01. The first-order chi connectivity index (χ1) is 8.75. The van der Waals surface area contributed by atoms with Crippen molar-refractivity contribution in [2.24, 2.45) is 0 Å². The molecule has 4 nitrogen and oxygen atoms in total. The van der Waals surface area contributed by atoms with Gasteiger partial charge in [-0.1, -0.05) is 18.2 Å². The van der Waals surface area contributed by atoms with Crippen LogP contribution in [0.15, 0.2) is 36.7 Å². The third-order valence-corrected chi connectivity index (χ3v) is 3.28. The second-order valence-electron chi connectivity index (χ2n) is 4.65. The summed E-state index contributed by atoms with van der Waals surface area (Å²) in [5.41, 5.74) is 1.19. The number of benzene rings is 1. The molecule has 3 rings (SSSR count). The molecule has 0 atom stereocenters. The molecule has 0 spiro atoms. The van der Waals surface area contributed by atoms with E-state index in [1.165, 1.54) is 12.8 Å². The van der Waals surface area contributed by atoms with Gasteiger partial charge in [-0.3, -0.25) is 0 Å². The molecule has 1 aromatic carbocycles. The van der Waals surface area contributed by atoms with Crippen molar-refractivity contribution in [3.63, 3.8) is 0 Å². The number of rotatable bonds is 4. The molecule has 1 aliphatic carbocycles. The Morgan fingerprint density at radius 2 is 2.17 bits per heavy atom. The van der Waals surface area contributed by atoms with E-state index in [0.29, 0.717) is 18.0 Å². The number of carboxylic acid groups (broad SMARTS) is 1. The molecule has 0 unspecified atom stereocenters. The molecular formula is C14H14N2O2. The van der Waals surface area contributed by atoms with Gasteiger partial charge >= 0.3 is 5.97 Å². The van der Waals surface area contributed by atoms with E-state index < -0.39 is 5.97 Å². The Kier molecular flexibility index (Phi) is 2.63. The monoisotopic (exact) mass is 242 g/mol. The third-order valence-electron chi connectivity index (χ3n) is 3.28. The maximum absolute atomic E-state index is 11.2. The van der Waals surface area contributed by atoms with Gasteiger partial charge in [-0.05, 0) is 24.5 Å². The number of hydrogen-bond acceptors (Lipinski definition) is 2. The normalized spacial score (nSPS) is 14.7. The topological polar surface area (TPSA) is 55.1 Å². The lowest BCUT2D eigenvalue weighted by Crippen LogP contribution is -2.08. The summed E-state index contributed by atoms with van der Waals surface area (Å²) in [6.45, 7) is 0.578. The van der Waals surface area contributed by atoms with Gasteiger partial charge in [0.1, 0.15) is 5.82 Å². The van der Waals surface area contributed by atoms with Crippen LogP contribution >= 0.6 is 0 Å². The maximum Gasteiger partial charge on any atom is 0.336 e. The standard InChI is InChI=1S/C14H14N2O2/c17-14(18)12-4-2-1-3-11(12)9-16-8-7-15-13(16)10-5-6-10/h1-4,7-8,10H,5-6,9H2,(H,17,18). The smallest absolute Gasteiger partial charge is 0.336 e. The van der Waals surface area contributed by atoms with Crippen LogP contribution in [0, 0.1) is 0 Å². The minimum absolute atomic E-state index is 0.368. The number of aromatic carboxylic acids is 1. The van der Waals surface area contributed by atoms with E-state index in [2.05, 4.69) is 9.55 Å². The summed E-state index contributed by atoms with van der Waals surface area (Å²) in [4.78, 5) is 15.5. The Morgan fingerprint density at radius 1 is 1.39 bits per heavy atom. The first-order valence-electron chi connectivity index (χ1n) is 6.08. The zero-order chi connectivity index (χ0) is 12.5. The summed E-state index contributed by atoms with van der Waals surface area (Å²) < 4.78 is 2.06. The zero-order valence-corrected chi connectivity index (χ0v) is 9.91. The van der Waals surface area contributed by atoms with Crippen molar-refractivity contribution < 1.29 is 9.90 Å². The molecule has 92 valence electrons. The second-order valence-corrected chi connectivity index (χ2v) is 4.65. The highest BCUT2D eigenvalue weighted by molar-refractivity contribution is 5.89. The lowest BCUT2D eigenvalue weighted by atomic mass is 10.1. The molecule has 0 bridgehead atoms. The lowest BCUT2D eigenvalue weighted by Gasteiger charge is -2.09.